The first-order chi connectivity index (χ1) is 11.7. The van der Waals surface area contributed by atoms with Crippen LogP contribution in [0.1, 0.15) is 22.3 Å². The summed E-state index contributed by atoms with van der Waals surface area (Å²) in [6.45, 7) is -1.53. The number of nitro groups is 1. The van der Waals surface area contributed by atoms with Crippen LogP contribution in [0.5, 0.6) is 0 Å². The zero-order chi connectivity index (χ0) is 18.7. The summed E-state index contributed by atoms with van der Waals surface area (Å²) in [5.41, 5.74) is -3.55. The predicted octanol–water partition coefficient (Wildman–Crippen LogP) is 4.18. The van der Waals surface area contributed by atoms with Gasteiger partial charge in [0.05, 0.1) is 0 Å². The number of halogens is 4. The van der Waals surface area contributed by atoms with E-state index >= 15 is 0 Å². The molecule has 4 nitrogen and oxygen atoms in total. The molecule has 0 aromatic heterocycles. The maximum atomic E-state index is 13.8. The molecule has 0 saturated heterocycles. The zero-order valence-electron chi connectivity index (χ0n) is 12.8. The molecule has 1 atom stereocenters. The van der Waals surface area contributed by atoms with Crippen molar-refractivity contribution in [1.29, 1.82) is 0 Å². The number of hydrogen-bond donors (Lipinski definition) is 0. The van der Waals surface area contributed by atoms with E-state index in [1.54, 1.807) is 6.07 Å². The van der Waals surface area contributed by atoms with E-state index in [2.05, 4.69) is 0 Å². The number of Topliss-reactive ketones (excluding diaryl/α,β-unsaturated/α-hetero) is 1. The molecule has 0 spiro atoms. The molecule has 0 radical (unpaired) electrons. The quantitative estimate of drug-likeness (QED) is 0.338. The molecule has 25 heavy (non-hydrogen) atoms. The van der Waals surface area contributed by atoms with E-state index < -0.39 is 46.6 Å². The number of nitrogens with zero attached hydrogens (tertiary/aromatic N) is 1. The maximum Gasteiger partial charge on any atom is 0.405 e. The lowest BCUT2D eigenvalue weighted by atomic mass is 9.74. The SMILES string of the molecule is O=C(C[C@](C[N+](=O)[O-])(c1ccc(F)cc1)C(F)(F)F)c1ccccc1. The van der Waals surface area contributed by atoms with Crippen LogP contribution in [-0.4, -0.2) is 23.4 Å². The van der Waals surface area contributed by atoms with Gasteiger partial charge in [-0.2, -0.15) is 13.2 Å². The minimum atomic E-state index is -5.08. The summed E-state index contributed by atoms with van der Waals surface area (Å²) < 4.78 is 54.6. The average Bonchev–Trinajstić information content (AvgIpc) is 2.54. The third-order valence-corrected chi connectivity index (χ3v) is 3.90. The lowest BCUT2D eigenvalue weighted by Gasteiger charge is -2.32. The van der Waals surface area contributed by atoms with Gasteiger partial charge in [-0.15, -0.1) is 0 Å². The van der Waals surface area contributed by atoms with E-state index in [9.17, 15) is 32.5 Å². The summed E-state index contributed by atoms with van der Waals surface area (Å²) >= 11 is 0. The van der Waals surface area contributed by atoms with Gasteiger partial charge >= 0.3 is 6.18 Å². The molecule has 0 fully saturated rings. The second-order valence-corrected chi connectivity index (χ2v) is 5.54. The molecule has 0 aliphatic rings. The Morgan fingerprint density at radius 3 is 2.04 bits per heavy atom. The fourth-order valence-corrected chi connectivity index (χ4v) is 2.59. The number of alkyl halides is 3. The summed E-state index contributed by atoms with van der Waals surface area (Å²) in [6.07, 6.45) is -6.23. The highest BCUT2D eigenvalue weighted by atomic mass is 19.4. The van der Waals surface area contributed by atoms with Crippen molar-refractivity contribution in [3.63, 3.8) is 0 Å². The van der Waals surface area contributed by atoms with Gasteiger partial charge in [0.1, 0.15) is 5.82 Å². The lowest BCUT2D eigenvalue weighted by Crippen LogP contribution is -2.49. The van der Waals surface area contributed by atoms with Crippen LogP contribution in [0.4, 0.5) is 17.6 Å². The minimum Gasteiger partial charge on any atom is -0.294 e. The number of carbonyl (C=O) groups is 1. The number of rotatable bonds is 6. The van der Waals surface area contributed by atoms with Gasteiger partial charge in [0.15, 0.2) is 11.2 Å². The summed E-state index contributed by atoms with van der Waals surface area (Å²) in [7, 11) is 0. The van der Waals surface area contributed by atoms with Crippen LogP contribution >= 0.6 is 0 Å². The third kappa shape index (κ3) is 4.01. The summed E-state index contributed by atoms with van der Waals surface area (Å²) in [4.78, 5) is 22.2. The van der Waals surface area contributed by atoms with Crippen LogP contribution in [0.15, 0.2) is 54.6 Å². The molecule has 0 aliphatic heterocycles. The van der Waals surface area contributed by atoms with Gasteiger partial charge in [0.25, 0.3) is 0 Å². The Balaban J connectivity index is 2.55. The van der Waals surface area contributed by atoms with Crippen molar-refractivity contribution in [2.24, 2.45) is 0 Å². The molecule has 0 unspecified atom stereocenters. The second-order valence-electron chi connectivity index (χ2n) is 5.54. The molecule has 0 amide bonds. The van der Waals surface area contributed by atoms with Gasteiger partial charge in [-0.3, -0.25) is 14.9 Å². The van der Waals surface area contributed by atoms with Gasteiger partial charge < -0.3 is 0 Å². The minimum absolute atomic E-state index is 0.0154. The molecule has 8 heteroatoms. The molecule has 0 aliphatic carbocycles. The molecule has 0 N–H and O–H groups in total. The Bertz CT molecular complexity index is 760. The van der Waals surface area contributed by atoms with Gasteiger partial charge in [0, 0.05) is 16.9 Å². The van der Waals surface area contributed by atoms with Crippen LogP contribution in [0.25, 0.3) is 0 Å². The molecule has 0 heterocycles. The molecule has 2 rings (SSSR count). The average molecular weight is 355 g/mol. The topological polar surface area (TPSA) is 60.2 Å². The highest BCUT2D eigenvalue weighted by Crippen LogP contribution is 2.45. The lowest BCUT2D eigenvalue weighted by molar-refractivity contribution is -0.501. The van der Waals surface area contributed by atoms with Gasteiger partial charge in [-0.1, -0.05) is 42.5 Å². The van der Waals surface area contributed by atoms with Crippen molar-refractivity contribution in [2.45, 2.75) is 18.0 Å². The van der Waals surface area contributed by atoms with Crippen molar-refractivity contribution in [3.8, 4) is 0 Å². The maximum absolute atomic E-state index is 13.8. The number of hydrogen-bond acceptors (Lipinski definition) is 3. The highest BCUT2D eigenvalue weighted by molar-refractivity contribution is 5.97. The normalized spacial score (nSPS) is 13.9. The summed E-state index contributed by atoms with van der Waals surface area (Å²) in [5, 5.41) is 10.9. The highest BCUT2D eigenvalue weighted by Gasteiger charge is 2.60. The van der Waals surface area contributed by atoms with Crippen molar-refractivity contribution < 1.29 is 27.3 Å². The zero-order valence-corrected chi connectivity index (χ0v) is 12.8. The van der Waals surface area contributed by atoms with Crippen molar-refractivity contribution in [1.82, 2.24) is 0 Å². The smallest absolute Gasteiger partial charge is 0.294 e. The first-order valence-corrected chi connectivity index (χ1v) is 7.18. The van der Waals surface area contributed by atoms with Crippen LogP contribution in [0.2, 0.25) is 0 Å². The molecule has 2 aromatic carbocycles. The van der Waals surface area contributed by atoms with Crippen LogP contribution in [-0.2, 0) is 5.41 Å². The van der Waals surface area contributed by atoms with Crippen LogP contribution < -0.4 is 0 Å². The Morgan fingerprint density at radius 2 is 1.56 bits per heavy atom. The Labute approximate surface area is 140 Å². The van der Waals surface area contributed by atoms with Crippen molar-refractivity contribution in [2.75, 3.05) is 6.54 Å². The van der Waals surface area contributed by atoms with E-state index in [1.807, 2.05) is 0 Å². The number of benzene rings is 2. The number of ketones is 1. The Kier molecular flexibility index (Phi) is 5.20. The van der Waals surface area contributed by atoms with Crippen molar-refractivity contribution >= 4 is 5.78 Å². The van der Waals surface area contributed by atoms with Crippen molar-refractivity contribution in [3.05, 3.63) is 81.7 Å². The van der Waals surface area contributed by atoms with Crippen LogP contribution in [0.3, 0.4) is 0 Å². The summed E-state index contributed by atoms with van der Waals surface area (Å²) in [6, 6.07) is 10.4. The monoisotopic (exact) mass is 355 g/mol. The first-order valence-electron chi connectivity index (χ1n) is 7.18. The van der Waals surface area contributed by atoms with Gasteiger partial charge in [-0.25, -0.2) is 4.39 Å². The predicted molar refractivity (Wildman–Crippen MR) is 81.4 cm³/mol. The largest absolute Gasteiger partial charge is 0.405 e. The summed E-state index contributed by atoms with van der Waals surface area (Å²) in [5.74, 6) is -1.67. The first kappa shape index (κ1) is 18.6. The van der Waals surface area contributed by atoms with E-state index in [0.29, 0.717) is 0 Å². The standard InChI is InChI=1S/C17H13F4NO3/c18-14-8-6-13(7-9-14)16(11-22(24)25,17(19,20)21)10-15(23)12-4-2-1-3-5-12/h1-9H,10-11H2/t16-/m0/s1. The van der Waals surface area contributed by atoms with E-state index in [-0.39, 0.29) is 5.56 Å². The van der Waals surface area contributed by atoms with E-state index in [4.69, 9.17) is 0 Å². The van der Waals surface area contributed by atoms with Gasteiger partial charge in [-0.05, 0) is 17.7 Å². The number of carbonyl (C=O) groups excluding carboxylic acids is 1. The molecular formula is C17H13F4NO3. The fourth-order valence-electron chi connectivity index (χ4n) is 2.59. The second kappa shape index (κ2) is 7.00. The molecular weight excluding hydrogens is 342 g/mol. The molecule has 0 bridgehead atoms. The van der Waals surface area contributed by atoms with E-state index in [0.717, 1.165) is 24.3 Å². The Morgan fingerprint density at radius 1 is 1.00 bits per heavy atom. The fraction of sp³-hybridized carbons (Fsp3) is 0.235. The van der Waals surface area contributed by atoms with Gasteiger partial charge in [0.2, 0.25) is 6.54 Å². The third-order valence-electron chi connectivity index (χ3n) is 3.90. The van der Waals surface area contributed by atoms with Crippen LogP contribution in [0, 0.1) is 15.9 Å². The van der Waals surface area contributed by atoms with E-state index in [1.165, 1.54) is 24.3 Å². The Hall–Kier alpha value is -2.77. The molecule has 0 saturated carbocycles. The molecule has 132 valence electrons. The molecule has 2 aromatic rings.